The highest BCUT2D eigenvalue weighted by molar-refractivity contribution is 6.42. The molecule has 0 N–H and O–H groups in total. The molecule has 0 aromatic heterocycles. The summed E-state index contributed by atoms with van der Waals surface area (Å²) in [5, 5.41) is 0.754. The Morgan fingerprint density at radius 3 is 2.72 bits per heavy atom. The minimum absolute atomic E-state index is 0.141. The SMILES string of the molecule is O=C1OC2(CCCN(C(=O)c3ccc(Cl)c(Cl)c3)C2)c2ccccc21. The van der Waals surface area contributed by atoms with Gasteiger partial charge in [0.2, 0.25) is 0 Å². The van der Waals surface area contributed by atoms with Crippen LogP contribution in [0, 0.1) is 0 Å². The van der Waals surface area contributed by atoms with E-state index < -0.39 is 5.60 Å². The minimum atomic E-state index is -0.752. The van der Waals surface area contributed by atoms with E-state index in [1.54, 1.807) is 29.2 Å². The van der Waals surface area contributed by atoms with Crippen LogP contribution in [0.25, 0.3) is 0 Å². The summed E-state index contributed by atoms with van der Waals surface area (Å²) < 4.78 is 5.74. The fourth-order valence-corrected chi connectivity index (χ4v) is 3.95. The number of ether oxygens (including phenoxy) is 1. The van der Waals surface area contributed by atoms with Gasteiger partial charge in [0.05, 0.1) is 22.2 Å². The number of rotatable bonds is 1. The first-order chi connectivity index (χ1) is 12.0. The predicted octanol–water partition coefficient (Wildman–Crippen LogP) is 4.30. The van der Waals surface area contributed by atoms with Crippen LogP contribution in [0.15, 0.2) is 42.5 Å². The highest BCUT2D eigenvalue weighted by atomic mass is 35.5. The Balaban J connectivity index is 1.65. The number of nitrogens with zero attached hydrogens (tertiary/aromatic N) is 1. The Bertz CT molecular complexity index is 883. The average molecular weight is 376 g/mol. The van der Waals surface area contributed by atoms with Gasteiger partial charge in [0.25, 0.3) is 5.91 Å². The first-order valence-corrected chi connectivity index (χ1v) is 8.83. The van der Waals surface area contributed by atoms with Crippen LogP contribution in [0.1, 0.15) is 39.1 Å². The number of hydrogen-bond acceptors (Lipinski definition) is 3. The van der Waals surface area contributed by atoms with Gasteiger partial charge in [-0.25, -0.2) is 4.79 Å². The van der Waals surface area contributed by atoms with Crippen LogP contribution in [0.3, 0.4) is 0 Å². The van der Waals surface area contributed by atoms with Crippen LogP contribution >= 0.6 is 23.2 Å². The molecule has 0 bridgehead atoms. The lowest BCUT2D eigenvalue weighted by Crippen LogP contribution is -2.48. The predicted molar refractivity (Wildman–Crippen MR) is 95.1 cm³/mol. The molecule has 128 valence electrons. The van der Waals surface area contributed by atoms with E-state index in [0.717, 1.165) is 12.0 Å². The molecule has 25 heavy (non-hydrogen) atoms. The van der Waals surface area contributed by atoms with Gasteiger partial charge < -0.3 is 9.64 Å². The number of fused-ring (bicyclic) bond motifs is 2. The number of hydrogen-bond donors (Lipinski definition) is 0. The van der Waals surface area contributed by atoms with Crippen molar-refractivity contribution in [3.05, 3.63) is 69.2 Å². The van der Waals surface area contributed by atoms with Gasteiger partial charge in [-0.15, -0.1) is 0 Å². The van der Waals surface area contributed by atoms with E-state index in [4.69, 9.17) is 27.9 Å². The first-order valence-electron chi connectivity index (χ1n) is 8.07. The molecule has 1 unspecified atom stereocenters. The van der Waals surface area contributed by atoms with E-state index in [1.807, 2.05) is 18.2 Å². The molecular weight excluding hydrogens is 361 g/mol. The van der Waals surface area contributed by atoms with Crippen molar-refractivity contribution in [3.8, 4) is 0 Å². The maximum Gasteiger partial charge on any atom is 0.339 e. The zero-order chi connectivity index (χ0) is 17.6. The molecule has 1 atom stereocenters. The Kier molecular flexibility index (Phi) is 3.97. The lowest BCUT2D eigenvalue weighted by molar-refractivity contribution is -0.0442. The second kappa shape index (κ2) is 6.04. The van der Waals surface area contributed by atoms with E-state index in [1.165, 1.54) is 0 Å². The summed E-state index contributed by atoms with van der Waals surface area (Å²) in [5.74, 6) is -0.461. The van der Waals surface area contributed by atoms with Crippen molar-refractivity contribution in [1.29, 1.82) is 0 Å². The van der Waals surface area contributed by atoms with Crippen molar-refractivity contribution in [1.82, 2.24) is 4.90 Å². The summed E-state index contributed by atoms with van der Waals surface area (Å²) in [6.45, 7) is 0.954. The van der Waals surface area contributed by atoms with Gasteiger partial charge in [0, 0.05) is 17.7 Å². The molecule has 6 heteroatoms. The molecule has 0 radical (unpaired) electrons. The summed E-state index contributed by atoms with van der Waals surface area (Å²) in [6, 6.07) is 12.2. The van der Waals surface area contributed by atoms with E-state index in [9.17, 15) is 9.59 Å². The zero-order valence-corrected chi connectivity index (χ0v) is 14.8. The van der Waals surface area contributed by atoms with Crippen molar-refractivity contribution in [2.24, 2.45) is 0 Å². The maximum absolute atomic E-state index is 12.9. The summed E-state index contributed by atoms with van der Waals surface area (Å²) in [5.41, 5.74) is 1.18. The lowest BCUT2D eigenvalue weighted by atomic mass is 9.85. The number of halogens is 2. The number of esters is 1. The fraction of sp³-hybridized carbons (Fsp3) is 0.263. The molecule has 1 amide bonds. The van der Waals surface area contributed by atoms with Crippen LogP contribution < -0.4 is 0 Å². The van der Waals surface area contributed by atoms with Gasteiger partial charge in [-0.05, 0) is 37.1 Å². The standard InChI is InChI=1S/C19H15Cl2NO3/c20-15-7-6-12(10-16(15)21)17(23)22-9-3-8-19(11-22)14-5-2-1-4-13(14)18(24)25-19/h1-2,4-7,10H,3,8-9,11H2. The third kappa shape index (κ3) is 2.70. The van der Waals surface area contributed by atoms with Gasteiger partial charge in [0.1, 0.15) is 0 Å². The minimum Gasteiger partial charge on any atom is -0.449 e. The Morgan fingerprint density at radius 2 is 1.92 bits per heavy atom. The van der Waals surface area contributed by atoms with Crippen molar-refractivity contribution in [2.75, 3.05) is 13.1 Å². The van der Waals surface area contributed by atoms with Gasteiger partial charge in [-0.1, -0.05) is 41.4 Å². The Hall–Kier alpha value is -2.04. The van der Waals surface area contributed by atoms with Crippen molar-refractivity contribution < 1.29 is 14.3 Å². The molecule has 2 aromatic rings. The summed E-state index contributed by atoms with van der Waals surface area (Å²) in [7, 11) is 0. The highest BCUT2D eigenvalue weighted by Crippen LogP contribution is 2.43. The third-order valence-electron chi connectivity index (χ3n) is 4.83. The highest BCUT2D eigenvalue weighted by Gasteiger charge is 2.48. The van der Waals surface area contributed by atoms with Crippen LogP contribution in [-0.2, 0) is 10.3 Å². The van der Waals surface area contributed by atoms with Crippen molar-refractivity contribution in [3.63, 3.8) is 0 Å². The molecule has 2 aliphatic rings. The molecule has 0 saturated carbocycles. The number of carbonyl (C=O) groups is 2. The molecule has 4 rings (SSSR count). The number of amides is 1. The molecule has 2 heterocycles. The maximum atomic E-state index is 12.9. The molecule has 2 aliphatic heterocycles. The molecule has 1 fully saturated rings. The molecule has 1 spiro atoms. The second-order valence-electron chi connectivity index (χ2n) is 6.39. The van der Waals surface area contributed by atoms with Crippen LogP contribution in [0.5, 0.6) is 0 Å². The summed E-state index contributed by atoms with van der Waals surface area (Å²) in [6.07, 6.45) is 1.47. The molecule has 2 aromatic carbocycles. The lowest BCUT2D eigenvalue weighted by Gasteiger charge is -2.39. The van der Waals surface area contributed by atoms with Crippen LogP contribution in [0.4, 0.5) is 0 Å². The molecule has 0 aliphatic carbocycles. The van der Waals surface area contributed by atoms with Crippen LogP contribution in [0.2, 0.25) is 10.0 Å². The fourth-order valence-electron chi connectivity index (χ4n) is 3.66. The number of piperidine rings is 1. The van der Waals surface area contributed by atoms with Crippen LogP contribution in [-0.4, -0.2) is 29.9 Å². The largest absolute Gasteiger partial charge is 0.449 e. The third-order valence-corrected chi connectivity index (χ3v) is 5.57. The Labute approximate surface area is 155 Å². The van der Waals surface area contributed by atoms with E-state index in [0.29, 0.717) is 40.7 Å². The average Bonchev–Trinajstić information content (AvgIpc) is 2.89. The number of carbonyl (C=O) groups excluding carboxylic acids is 2. The molecule has 1 saturated heterocycles. The van der Waals surface area contributed by atoms with Crippen molar-refractivity contribution >= 4 is 35.1 Å². The molecule has 4 nitrogen and oxygen atoms in total. The summed E-state index contributed by atoms with van der Waals surface area (Å²) >= 11 is 12.0. The van der Waals surface area contributed by atoms with Gasteiger partial charge in [-0.3, -0.25) is 4.79 Å². The number of benzene rings is 2. The smallest absolute Gasteiger partial charge is 0.339 e. The van der Waals surface area contributed by atoms with E-state index in [2.05, 4.69) is 0 Å². The van der Waals surface area contributed by atoms with Gasteiger partial charge in [-0.2, -0.15) is 0 Å². The normalized spacial score (nSPS) is 22.0. The number of likely N-dealkylation sites (tertiary alicyclic amines) is 1. The van der Waals surface area contributed by atoms with Crippen molar-refractivity contribution in [2.45, 2.75) is 18.4 Å². The summed E-state index contributed by atoms with van der Waals surface area (Å²) in [4.78, 5) is 26.8. The zero-order valence-electron chi connectivity index (χ0n) is 13.3. The second-order valence-corrected chi connectivity index (χ2v) is 7.20. The van der Waals surface area contributed by atoms with E-state index in [-0.39, 0.29) is 11.9 Å². The van der Waals surface area contributed by atoms with E-state index >= 15 is 0 Å². The quantitative estimate of drug-likeness (QED) is 0.698. The monoisotopic (exact) mass is 375 g/mol. The van der Waals surface area contributed by atoms with Gasteiger partial charge in [0.15, 0.2) is 5.60 Å². The van der Waals surface area contributed by atoms with Gasteiger partial charge >= 0.3 is 5.97 Å². The molecular formula is C19H15Cl2NO3. The first kappa shape index (κ1) is 16.4. The Morgan fingerprint density at radius 1 is 1.12 bits per heavy atom. The topological polar surface area (TPSA) is 46.6 Å².